The summed E-state index contributed by atoms with van der Waals surface area (Å²) in [6.45, 7) is 9.06. The summed E-state index contributed by atoms with van der Waals surface area (Å²) in [7, 11) is -4.53. The van der Waals surface area contributed by atoms with Gasteiger partial charge in [-0.25, -0.2) is 0 Å². The third kappa shape index (κ3) is 4.71. The van der Waals surface area contributed by atoms with Crippen LogP contribution in [0.15, 0.2) is 70.3 Å². The minimum atomic E-state index is -4.53. The molecule has 260 valence electrons. The molecule has 2 spiro atoms. The number of Topliss-reactive ketones (excluding diaryl/α,β-unsaturated/α-hetero) is 1. The number of rotatable bonds is 2. The first kappa shape index (κ1) is 31.8. The second-order valence-corrected chi connectivity index (χ2v) is 17.7. The van der Waals surface area contributed by atoms with Crippen molar-refractivity contribution >= 4 is 55.4 Å². The highest BCUT2D eigenvalue weighted by molar-refractivity contribution is 7.86. The quantitative estimate of drug-likeness (QED) is 0.116. The molecule has 3 aromatic rings. The lowest BCUT2D eigenvalue weighted by molar-refractivity contribution is -0.111. The van der Waals surface area contributed by atoms with E-state index in [1.807, 2.05) is 12.2 Å². The number of aliphatic hydroxyl groups excluding tert-OH is 1. The highest BCUT2D eigenvalue weighted by Crippen LogP contribution is 2.54. The van der Waals surface area contributed by atoms with Gasteiger partial charge in [0.1, 0.15) is 16.3 Å². The minimum absolute atomic E-state index is 0.0572. The van der Waals surface area contributed by atoms with Crippen molar-refractivity contribution in [2.24, 2.45) is 23.7 Å². The Kier molecular flexibility index (Phi) is 6.81. The molecule has 2 fully saturated rings. The Bertz CT molecular complexity index is 2220. The maximum Gasteiger partial charge on any atom is 0.295 e. The molecule has 0 amide bonds. The Morgan fingerprint density at radius 2 is 1.42 bits per heavy atom. The molecule has 0 bridgehead atoms. The van der Waals surface area contributed by atoms with Crippen LogP contribution in [0.3, 0.4) is 0 Å². The molecular formula is C40H44N4O5S. The van der Waals surface area contributed by atoms with Gasteiger partial charge in [-0.2, -0.15) is 8.42 Å². The van der Waals surface area contributed by atoms with E-state index in [2.05, 4.69) is 67.2 Å². The Labute approximate surface area is 293 Å². The van der Waals surface area contributed by atoms with Crippen LogP contribution in [-0.2, 0) is 14.9 Å². The maximum absolute atomic E-state index is 14.5. The van der Waals surface area contributed by atoms with Gasteiger partial charge >= 0.3 is 0 Å². The third-order valence-corrected chi connectivity index (χ3v) is 12.9. The molecule has 4 aliphatic carbocycles. The number of carbonyl (C=O) groups excluding carboxylic acids is 1. The van der Waals surface area contributed by atoms with Crippen LogP contribution < -0.4 is 21.3 Å². The Balaban J connectivity index is 1.20. The highest BCUT2D eigenvalue weighted by Gasteiger charge is 2.49. The molecule has 0 radical (unpaired) electrons. The fourth-order valence-electron chi connectivity index (χ4n) is 10.8. The van der Waals surface area contributed by atoms with Gasteiger partial charge in [-0.1, -0.05) is 64.1 Å². The third-order valence-electron chi connectivity index (χ3n) is 12.0. The van der Waals surface area contributed by atoms with Crippen molar-refractivity contribution in [3.05, 3.63) is 82.1 Å². The number of benzene rings is 3. The molecular weight excluding hydrogens is 649 g/mol. The summed E-state index contributed by atoms with van der Waals surface area (Å²) in [6, 6.07) is 12.4. The molecule has 0 saturated heterocycles. The summed E-state index contributed by atoms with van der Waals surface area (Å²) < 4.78 is 35.1. The summed E-state index contributed by atoms with van der Waals surface area (Å²) in [5.74, 6) is 1.61. The van der Waals surface area contributed by atoms with Crippen molar-refractivity contribution in [1.29, 1.82) is 0 Å². The fourth-order valence-corrected chi connectivity index (χ4v) is 11.4. The number of hydrogen-bond acceptors (Lipinski definition) is 8. The molecule has 6 aliphatic rings. The summed E-state index contributed by atoms with van der Waals surface area (Å²) in [5, 5.41) is 28.1. The second-order valence-electron chi connectivity index (χ2n) is 16.3. The Hall–Kier alpha value is -4.12. The average molecular weight is 693 g/mol. The number of aliphatic hydroxyl groups is 1. The molecule has 5 atom stereocenters. The van der Waals surface area contributed by atoms with Crippen LogP contribution in [-0.4, -0.2) is 35.2 Å². The van der Waals surface area contributed by atoms with E-state index in [9.17, 15) is 22.9 Å². The van der Waals surface area contributed by atoms with E-state index in [4.69, 9.17) is 0 Å². The van der Waals surface area contributed by atoms with Gasteiger partial charge in [0, 0.05) is 33.3 Å². The molecule has 2 heterocycles. The molecule has 9 nitrogen and oxygen atoms in total. The smallest absolute Gasteiger partial charge is 0.295 e. The number of nitrogens with one attached hydrogen (secondary N) is 4. The van der Waals surface area contributed by atoms with Crippen LogP contribution in [0.5, 0.6) is 0 Å². The molecule has 6 N–H and O–H groups in total. The first-order chi connectivity index (χ1) is 23.7. The van der Waals surface area contributed by atoms with Crippen molar-refractivity contribution in [3.8, 4) is 0 Å². The van der Waals surface area contributed by atoms with Gasteiger partial charge in [0.05, 0.1) is 28.5 Å². The molecule has 50 heavy (non-hydrogen) atoms. The van der Waals surface area contributed by atoms with E-state index >= 15 is 0 Å². The normalized spacial score (nSPS) is 34.3. The first-order valence-corrected chi connectivity index (χ1v) is 19.4. The largest absolute Gasteiger partial charge is 0.506 e. The summed E-state index contributed by atoms with van der Waals surface area (Å²) in [6.07, 6.45) is 9.83. The number of carbonyl (C=O) groups is 1. The predicted octanol–water partition coefficient (Wildman–Crippen LogP) is 8.16. The molecule has 3 aromatic carbocycles. The lowest BCUT2D eigenvalue weighted by Crippen LogP contribution is -2.60. The highest BCUT2D eigenvalue weighted by atomic mass is 32.2. The van der Waals surface area contributed by atoms with Gasteiger partial charge in [-0.15, -0.1) is 0 Å². The second kappa shape index (κ2) is 10.7. The van der Waals surface area contributed by atoms with Gasteiger partial charge in [0.2, 0.25) is 5.78 Å². The molecule has 5 unspecified atom stereocenters. The fraction of sp³-hybridized carbons (Fsp3) is 0.425. The van der Waals surface area contributed by atoms with Crippen LogP contribution in [0.25, 0.3) is 22.4 Å². The van der Waals surface area contributed by atoms with E-state index in [0.29, 0.717) is 51.3 Å². The van der Waals surface area contributed by atoms with E-state index in [0.717, 1.165) is 60.2 Å². The topological polar surface area (TPSA) is 140 Å². The van der Waals surface area contributed by atoms with Crippen LogP contribution >= 0.6 is 0 Å². The molecule has 9 rings (SSSR count). The van der Waals surface area contributed by atoms with Crippen molar-refractivity contribution in [3.63, 3.8) is 0 Å². The van der Waals surface area contributed by atoms with Crippen LogP contribution in [0.2, 0.25) is 0 Å². The Morgan fingerprint density at radius 3 is 2.08 bits per heavy atom. The van der Waals surface area contributed by atoms with Gasteiger partial charge in [0.15, 0.2) is 0 Å². The van der Waals surface area contributed by atoms with Crippen molar-refractivity contribution in [1.82, 2.24) is 5.32 Å². The molecule has 2 aliphatic heterocycles. The van der Waals surface area contributed by atoms with Gasteiger partial charge in [0.25, 0.3) is 10.1 Å². The first-order valence-electron chi connectivity index (χ1n) is 18.0. The molecule has 0 aromatic heterocycles. The zero-order valence-corrected chi connectivity index (χ0v) is 29.7. The SMILES string of the molecule is CC1CC(C)CC2(C1)Nc1ccc(S(=O)(=O)O)c3ccc(C4=C(O)C(=C5C=Cc6cccc7c6C5NC5(CC(C)CC(C)C5)N7)C4=O)c(c13)N2. The summed E-state index contributed by atoms with van der Waals surface area (Å²) in [5.41, 5.74) is 5.50. The van der Waals surface area contributed by atoms with Crippen LogP contribution in [0.4, 0.5) is 17.1 Å². The predicted molar refractivity (Wildman–Crippen MR) is 197 cm³/mol. The minimum Gasteiger partial charge on any atom is -0.506 e. The molecule has 10 heteroatoms. The number of allylic oxidation sites excluding steroid dienone is 2. The number of ketones is 1. The van der Waals surface area contributed by atoms with Crippen molar-refractivity contribution in [2.75, 3.05) is 16.0 Å². The van der Waals surface area contributed by atoms with Gasteiger partial charge in [-0.05, 0) is 91.5 Å². The lowest BCUT2D eigenvalue weighted by Gasteiger charge is -2.51. The van der Waals surface area contributed by atoms with Gasteiger partial charge < -0.3 is 21.1 Å². The van der Waals surface area contributed by atoms with Gasteiger partial charge in [-0.3, -0.25) is 14.7 Å². The molecule has 2 saturated carbocycles. The van der Waals surface area contributed by atoms with E-state index < -0.39 is 15.8 Å². The maximum atomic E-state index is 14.5. The lowest BCUT2D eigenvalue weighted by atomic mass is 9.71. The number of hydrogen-bond donors (Lipinski definition) is 6. The Morgan fingerprint density at radius 1 is 0.760 bits per heavy atom. The van der Waals surface area contributed by atoms with Crippen molar-refractivity contribution < 1.29 is 22.9 Å². The average Bonchev–Trinajstić information content (AvgIpc) is 3.01. The summed E-state index contributed by atoms with van der Waals surface area (Å²) in [4.78, 5) is 14.3. The monoisotopic (exact) mass is 692 g/mol. The van der Waals surface area contributed by atoms with E-state index in [1.54, 1.807) is 18.2 Å². The number of anilines is 3. The van der Waals surface area contributed by atoms with E-state index in [1.165, 1.54) is 12.5 Å². The van der Waals surface area contributed by atoms with E-state index in [-0.39, 0.29) is 33.7 Å². The standard InChI is InChI=1S/C40H44N4O5S/c1-20-14-21(2)17-39(16-20)41-28-7-5-6-24-8-9-26(35(43-39)31(24)28)33-37(45)34(38(33)46)27-11-10-25-30(50(47,48)49)13-12-29-32(25)36(27)44-40(42-29)18-22(3)15-23(4)19-40/h5-13,20-23,35,41-45H,14-19H2,1-4H3,(H,47,48,49). The van der Waals surface area contributed by atoms with Crippen LogP contribution in [0.1, 0.15) is 89.0 Å². The van der Waals surface area contributed by atoms with Crippen molar-refractivity contribution in [2.45, 2.75) is 88.5 Å². The summed E-state index contributed by atoms with van der Waals surface area (Å²) >= 11 is 0. The zero-order chi connectivity index (χ0) is 34.9. The zero-order valence-electron chi connectivity index (χ0n) is 28.9. The van der Waals surface area contributed by atoms with Crippen LogP contribution in [0, 0.1) is 23.7 Å².